The Bertz CT molecular complexity index is 334. The van der Waals surface area contributed by atoms with Gasteiger partial charge in [-0.05, 0) is 25.1 Å². The lowest BCUT2D eigenvalue weighted by molar-refractivity contribution is 0.733. The van der Waals surface area contributed by atoms with Crippen LogP contribution < -0.4 is 5.32 Å². The van der Waals surface area contributed by atoms with Crippen molar-refractivity contribution < 1.29 is 0 Å². The molecular weight excluding hydrogens is 162 g/mol. The first-order chi connectivity index (χ1) is 6.40. The highest BCUT2D eigenvalue weighted by Crippen LogP contribution is 2.19. The van der Waals surface area contributed by atoms with Crippen LogP contribution in [-0.2, 0) is 0 Å². The van der Waals surface area contributed by atoms with Crippen molar-refractivity contribution in [2.24, 2.45) is 0 Å². The lowest BCUT2D eigenvalue weighted by atomic mass is 10.0. The summed E-state index contributed by atoms with van der Waals surface area (Å²) in [5.74, 6) is 0.494. The zero-order valence-corrected chi connectivity index (χ0v) is 7.33. The lowest BCUT2D eigenvalue weighted by Crippen LogP contribution is -2.09. The van der Waals surface area contributed by atoms with Crippen molar-refractivity contribution in [3.05, 3.63) is 29.6 Å². The van der Waals surface area contributed by atoms with Gasteiger partial charge in [0.2, 0.25) is 0 Å². The SMILES string of the molecule is N#Cc1cccc([C@@H]2CCNC2)n1. The van der Waals surface area contributed by atoms with Gasteiger partial charge in [0, 0.05) is 18.2 Å². The van der Waals surface area contributed by atoms with Gasteiger partial charge in [-0.3, -0.25) is 0 Å². The van der Waals surface area contributed by atoms with Gasteiger partial charge in [-0.1, -0.05) is 6.07 Å². The van der Waals surface area contributed by atoms with E-state index in [4.69, 9.17) is 5.26 Å². The zero-order valence-electron chi connectivity index (χ0n) is 7.33. The van der Waals surface area contributed by atoms with Crippen LogP contribution in [0.5, 0.6) is 0 Å². The van der Waals surface area contributed by atoms with E-state index < -0.39 is 0 Å². The minimum Gasteiger partial charge on any atom is -0.316 e. The van der Waals surface area contributed by atoms with Gasteiger partial charge < -0.3 is 5.32 Å². The molecule has 1 aliphatic rings. The van der Waals surface area contributed by atoms with Gasteiger partial charge in [-0.25, -0.2) is 4.98 Å². The van der Waals surface area contributed by atoms with Gasteiger partial charge in [-0.15, -0.1) is 0 Å². The quantitative estimate of drug-likeness (QED) is 0.690. The smallest absolute Gasteiger partial charge is 0.140 e. The Morgan fingerprint density at radius 3 is 3.15 bits per heavy atom. The predicted molar refractivity (Wildman–Crippen MR) is 49.2 cm³/mol. The molecule has 0 saturated carbocycles. The molecule has 0 amide bonds. The number of nitrogens with zero attached hydrogens (tertiary/aromatic N) is 2. The average molecular weight is 173 g/mol. The molecule has 2 heterocycles. The summed E-state index contributed by atoms with van der Waals surface area (Å²) < 4.78 is 0. The molecule has 1 fully saturated rings. The zero-order chi connectivity index (χ0) is 9.10. The van der Waals surface area contributed by atoms with Gasteiger partial charge in [0.05, 0.1) is 0 Å². The van der Waals surface area contributed by atoms with Crippen molar-refractivity contribution in [2.75, 3.05) is 13.1 Å². The van der Waals surface area contributed by atoms with Crippen molar-refractivity contribution in [3.8, 4) is 6.07 Å². The third-order valence-electron chi connectivity index (χ3n) is 2.36. The van der Waals surface area contributed by atoms with Crippen molar-refractivity contribution >= 4 is 0 Å². The first kappa shape index (κ1) is 8.21. The molecule has 2 rings (SSSR count). The maximum Gasteiger partial charge on any atom is 0.140 e. The van der Waals surface area contributed by atoms with Crippen molar-refractivity contribution in [3.63, 3.8) is 0 Å². The maximum absolute atomic E-state index is 8.68. The Morgan fingerprint density at radius 2 is 2.46 bits per heavy atom. The van der Waals surface area contributed by atoms with Crippen LogP contribution in [0.4, 0.5) is 0 Å². The second-order valence-corrected chi connectivity index (χ2v) is 3.25. The molecule has 0 aromatic carbocycles. The fraction of sp³-hybridized carbons (Fsp3) is 0.400. The van der Waals surface area contributed by atoms with Crippen LogP contribution in [0.15, 0.2) is 18.2 Å². The summed E-state index contributed by atoms with van der Waals surface area (Å²) in [5, 5.41) is 12.0. The monoisotopic (exact) mass is 173 g/mol. The van der Waals surface area contributed by atoms with E-state index in [1.807, 2.05) is 12.1 Å². The molecule has 1 aliphatic heterocycles. The second-order valence-electron chi connectivity index (χ2n) is 3.25. The van der Waals surface area contributed by atoms with Gasteiger partial charge in [-0.2, -0.15) is 5.26 Å². The molecule has 3 nitrogen and oxygen atoms in total. The van der Waals surface area contributed by atoms with E-state index in [1.165, 1.54) is 0 Å². The number of hydrogen-bond donors (Lipinski definition) is 1. The number of pyridine rings is 1. The number of nitrogens with one attached hydrogen (secondary N) is 1. The molecule has 13 heavy (non-hydrogen) atoms. The highest BCUT2D eigenvalue weighted by atomic mass is 14.9. The molecule has 0 spiro atoms. The van der Waals surface area contributed by atoms with Crippen LogP contribution in [0.25, 0.3) is 0 Å². The van der Waals surface area contributed by atoms with Crippen LogP contribution >= 0.6 is 0 Å². The molecular formula is C10H11N3. The van der Waals surface area contributed by atoms with E-state index in [0.29, 0.717) is 11.6 Å². The molecule has 0 radical (unpaired) electrons. The van der Waals surface area contributed by atoms with Crippen LogP contribution in [0.1, 0.15) is 23.7 Å². The van der Waals surface area contributed by atoms with E-state index >= 15 is 0 Å². The number of nitriles is 1. The maximum atomic E-state index is 8.68. The first-order valence-electron chi connectivity index (χ1n) is 4.48. The number of aromatic nitrogens is 1. The summed E-state index contributed by atoms with van der Waals surface area (Å²) in [6, 6.07) is 7.70. The standard InChI is InChI=1S/C10H11N3/c11-6-9-2-1-3-10(13-9)8-4-5-12-7-8/h1-3,8,12H,4-5,7H2/t8-/m1/s1. The normalized spacial score (nSPS) is 21.3. The van der Waals surface area contributed by atoms with Gasteiger partial charge in [0.15, 0.2) is 0 Å². The predicted octanol–water partition coefficient (Wildman–Crippen LogP) is 1.03. The Balaban J connectivity index is 2.25. The highest BCUT2D eigenvalue weighted by molar-refractivity contribution is 5.24. The minimum atomic E-state index is 0.494. The Morgan fingerprint density at radius 1 is 1.54 bits per heavy atom. The number of hydrogen-bond acceptors (Lipinski definition) is 3. The van der Waals surface area contributed by atoms with Crippen molar-refractivity contribution in [1.82, 2.24) is 10.3 Å². The summed E-state index contributed by atoms with van der Waals surface area (Å²) in [4.78, 5) is 4.27. The second kappa shape index (κ2) is 3.55. The topological polar surface area (TPSA) is 48.7 Å². The molecule has 1 aromatic heterocycles. The van der Waals surface area contributed by atoms with Crippen molar-refractivity contribution in [1.29, 1.82) is 5.26 Å². The van der Waals surface area contributed by atoms with E-state index in [0.717, 1.165) is 25.2 Å². The van der Waals surface area contributed by atoms with Gasteiger partial charge in [0.25, 0.3) is 0 Å². The molecule has 1 N–H and O–H groups in total. The fourth-order valence-corrected chi connectivity index (χ4v) is 1.65. The van der Waals surface area contributed by atoms with Crippen LogP contribution in [0, 0.1) is 11.3 Å². The molecule has 1 saturated heterocycles. The summed E-state index contributed by atoms with van der Waals surface area (Å²) in [6.45, 7) is 2.05. The minimum absolute atomic E-state index is 0.494. The highest BCUT2D eigenvalue weighted by Gasteiger charge is 2.17. The fourth-order valence-electron chi connectivity index (χ4n) is 1.65. The largest absolute Gasteiger partial charge is 0.316 e. The van der Waals surface area contributed by atoms with Crippen LogP contribution in [-0.4, -0.2) is 18.1 Å². The molecule has 66 valence electrons. The van der Waals surface area contributed by atoms with E-state index in [1.54, 1.807) is 6.07 Å². The lowest BCUT2D eigenvalue weighted by Gasteiger charge is -2.06. The van der Waals surface area contributed by atoms with Gasteiger partial charge >= 0.3 is 0 Å². The molecule has 0 unspecified atom stereocenters. The molecule has 3 heteroatoms. The molecule has 1 aromatic rings. The van der Waals surface area contributed by atoms with E-state index in [-0.39, 0.29) is 0 Å². The average Bonchev–Trinajstić information content (AvgIpc) is 2.71. The summed E-state index contributed by atoms with van der Waals surface area (Å²) in [7, 11) is 0. The Kier molecular flexibility index (Phi) is 2.24. The summed E-state index contributed by atoms with van der Waals surface area (Å²) in [5.41, 5.74) is 1.56. The molecule has 1 atom stereocenters. The van der Waals surface area contributed by atoms with Gasteiger partial charge in [0.1, 0.15) is 11.8 Å². The Hall–Kier alpha value is -1.40. The van der Waals surface area contributed by atoms with Crippen molar-refractivity contribution in [2.45, 2.75) is 12.3 Å². The van der Waals surface area contributed by atoms with E-state index in [9.17, 15) is 0 Å². The summed E-state index contributed by atoms with van der Waals surface area (Å²) in [6.07, 6.45) is 1.13. The third kappa shape index (κ3) is 1.68. The molecule has 0 aliphatic carbocycles. The Labute approximate surface area is 77.4 Å². The molecule has 0 bridgehead atoms. The number of rotatable bonds is 1. The van der Waals surface area contributed by atoms with E-state index in [2.05, 4.69) is 16.4 Å². The summed E-state index contributed by atoms with van der Waals surface area (Å²) >= 11 is 0. The van der Waals surface area contributed by atoms with Crippen LogP contribution in [0.3, 0.4) is 0 Å². The third-order valence-corrected chi connectivity index (χ3v) is 2.36. The first-order valence-corrected chi connectivity index (χ1v) is 4.48. The van der Waals surface area contributed by atoms with Crippen LogP contribution in [0.2, 0.25) is 0 Å².